The molecule has 0 spiro atoms. The summed E-state index contributed by atoms with van der Waals surface area (Å²) in [6, 6.07) is 7.61. The van der Waals surface area contributed by atoms with Gasteiger partial charge in [0.2, 0.25) is 5.95 Å². The molecule has 7 nitrogen and oxygen atoms in total. The lowest BCUT2D eigenvalue weighted by atomic mass is 10.2. The number of anilines is 2. The molecule has 1 aromatic carbocycles. The molecule has 5 N–H and O–H groups in total. The molecule has 0 saturated heterocycles. The fourth-order valence-electron chi connectivity index (χ4n) is 1.87. The van der Waals surface area contributed by atoms with Crippen molar-refractivity contribution in [2.45, 2.75) is 6.54 Å². The van der Waals surface area contributed by atoms with Crippen LogP contribution in [0.4, 0.5) is 11.8 Å². The summed E-state index contributed by atoms with van der Waals surface area (Å²) in [4.78, 5) is 8.43. The predicted molar refractivity (Wildman–Crippen MR) is 78.3 cm³/mol. The molecule has 0 saturated carbocycles. The smallest absolute Gasteiger partial charge is 0.241 e. The molecular weight excluding hydrogens is 278 g/mol. The molecule has 2 heterocycles. The highest BCUT2D eigenvalue weighted by molar-refractivity contribution is 6.30. The van der Waals surface area contributed by atoms with Crippen molar-refractivity contribution in [2.75, 3.05) is 10.7 Å². The second-order valence-corrected chi connectivity index (χ2v) is 4.59. The average molecular weight is 290 g/mol. The molecule has 2 aromatic heterocycles. The lowest BCUT2D eigenvalue weighted by Crippen LogP contribution is -2.12. The highest BCUT2D eigenvalue weighted by atomic mass is 35.5. The van der Waals surface area contributed by atoms with Gasteiger partial charge in [0.05, 0.1) is 11.6 Å². The van der Waals surface area contributed by atoms with Crippen LogP contribution in [0.25, 0.3) is 11.0 Å². The predicted octanol–water partition coefficient (Wildman–Crippen LogP) is 1.90. The van der Waals surface area contributed by atoms with Crippen molar-refractivity contribution >= 4 is 34.4 Å². The van der Waals surface area contributed by atoms with Gasteiger partial charge in [0, 0.05) is 11.6 Å². The third kappa shape index (κ3) is 2.49. The largest absolute Gasteiger partial charge is 0.365 e. The van der Waals surface area contributed by atoms with Gasteiger partial charge in [0.1, 0.15) is 5.82 Å². The van der Waals surface area contributed by atoms with E-state index in [0.29, 0.717) is 29.0 Å². The Morgan fingerprint density at radius 3 is 3.00 bits per heavy atom. The summed E-state index contributed by atoms with van der Waals surface area (Å²) in [5.41, 5.74) is 4.09. The molecule has 0 atom stereocenters. The zero-order valence-corrected chi connectivity index (χ0v) is 11.1. The molecule has 20 heavy (non-hydrogen) atoms. The molecule has 0 radical (unpaired) electrons. The van der Waals surface area contributed by atoms with Gasteiger partial charge in [-0.2, -0.15) is 15.1 Å². The Morgan fingerprint density at radius 1 is 1.30 bits per heavy atom. The molecule has 102 valence electrons. The number of nitrogens with one attached hydrogen (secondary N) is 3. The second-order valence-electron chi connectivity index (χ2n) is 4.16. The minimum absolute atomic E-state index is 0.315. The second kappa shape index (κ2) is 5.32. The number of H-pyrrole nitrogens is 1. The first-order valence-electron chi connectivity index (χ1n) is 5.92. The Bertz CT molecular complexity index is 740. The molecule has 0 amide bonds. The van der Waals surface area contributed by atoms with Crippen LogP contribution >= 0.6 is 11.6 Å². The number of rotatable bonds is 4. The minimum atomic E-state index is 0.315. The zero-order valence-electron chi connectivity index (χ0n) is 10.4. The molecule has 0 aliphatic heterocycles. The Kier molecular flexibility index (Phi) is 3.36. The van der Waals surface area contributed by atoms with Crippen molar-refractivity contribution in [1.29, 1.82) is 0 Å². The monoisotopic (exact) mass is 289 g/mol. The van der Waals surface area contributed by atoms with E-state index >= 15 is 0 Å². The van der Waals surface area contributed by atoms with Gasteiger partial charge in [0.25, 0.3) is 0 Å². The van der Waals surface area contributed by atoms with E-state index < -0.39 is 0 Å². The lowest BCUT2D eigenvalue weighted by molar-refractivity contribution is 1.07. The maximum absolute atomic E-state index is 5.96. The number of hydrogen-bond acceptors (Lipinski definition) is 6. The Labute approximate surface area is 119 Å². The first-order chi connectivity index (χ1) is 9.76. The van der Waals surface area contributed by atoms with Gasteiger partial charge < -0.3 is 5.32 Å². The number of aromatic nitrogens is 4. The molecule has 3 aromatic rings. The number of aromatic amines is 1. The number of halogens is 1. The number of nitrogens with zero attached hydrogens (tertiary/aromatic N) is 3. The average Bonchev–Trinajstić information content (AvgIpc) is 2.93. The minimum Gasteiger partial charge on any atom is -0.365 e. The van der Waals surface area contributed by atoms with E-state index in [4.69, 9.17) is 17.4 Å². The SMILES string of the molecule is NNc1nc(NCc2cccc(Cl)c2)c2cn[nH]c2n1. The molecule has 3 rings (SSSR count). The normalized spacial score (nSPS) is 10.7. The topological polar surface area (TPSA) is 105 Å². The van der Waals surface area contributed by atoms with E-state index in [-0.39, 0.29) is 0 Å². The molecule has 0 aliphatic carbocycles. The van der Waals surface area contributed by atoms with Gasteiger partial charge in [-0.15, -0.1) is 0 Å². The summed E-state index contributed by atoms with van der Waals surface area (Å²) in [6.07, 6.45) is 1.66. The van der Waals surface area contributed by atoms with Crippen LogP contribution in [-0.2, 0) is 6.54 Å². The highest BCUT2D eigenvalue weighted by Gasteiger charge is 2.08. The van der Waals surface area contributed by atoms with Crippen molar-refractivity contribution in [2.24, 2.45) is 5.84 Å². The van der Waals surface area contributed by atoms with Crippen molar-refractivity contribution in [1.82, 2.24) is 20.2 Å². The molecular formula is C12H12ClN7. The number of nitrogen functional groups attached to an aromatic ring is 1. The molecule has 0 fully saturated rings. The van der Waals surface area contributed by atoms with Gasteiger partial charge in [-0.25, -0.2) is 5.84 Å². The summed E-state index contributed by atoms with van der Waals surface area (Å²) in [5.74, 6) is 6.32. The zero-order chi connectivity index (χ0) is 13.9. The van der Waals surface area contributed by atoms with Crippen LogP contribution in [0.5, 0.6) is 0 Å². The van der Waals surface area contributed by atoms with Crippen molar-refractivity contribution in [3.63, 3.8) is 0 Å². The number of hydrazine groups is 1. The fourth-order valence-corrected chi connectivity index (χ4v) is 2.08. The van der Waals surface area contributed by atoms with Crippen LogP contribution in [0.2, 0.25) is 5.02 Å². The third-order valence-corrected chi connectivity index (χ3v) is 3.02. The van der Waals surface area contributed by atoms with Crippen molar-refractivity contribution in [3.05, 3.63) is 41.0 Å². The van der Waals surface area contributed by atoms with Crippen LogP contribution in [0.15, 0.2) is 30.5 Å². The van der Waals surface area contributed by atoms with Gasteiger partial charge in [0.15, 0.2) is 5.65 Å². The highest BCUT2D eigenvalue weighted by Crippen LogP contribution is 2.20. The van der Waals surface area contributed by atoms with E-state index in [1.807, 2.05) is 24.3 Å². The number of hydrogen-bond donors (Lipinski definition) is 4. The van der Waals surface area contributed by atoms with Crippen LogP contribution in [-0.4, -0.2) is 20.2 Å². The van der Waals surface area contributed by atoms with Crippen LogP contribution in [0.1, 0.15) is 5.56 Å². The standard InChI is InChI=1S/C12H12ClN7/c13-8-3-1-2-7(4-8)5-15-10-9-6-16-20-11(9)18-12(17-10)19-14/h1-4,6H,5,14H2,(H3,15,16,17,18,19,20). The van der Waals surface area contributed by atoms with E-state index in [0.717, 1.165) is 10.9 Å². The third-order valence-electron chi connectivity index (χ3n) is 2.79. The van der Waals surface area contributed by atoms with E-state index in [1.165, 1.54) is 0 Å². The van der Waals surface area contributed by atoms with Crippen LogP contribution < -0.4 is 16.6 Å². The van der Waals surface area contributed by atoms with Gasteiger partial charge in [-0.3, -0.25) is 10.5 Å². The molecule has 0 unspecified atom stereocenters. The van der Waals surface area contributed by atoms with E-state index in [9.17, 15) is 0 Å². The van der Waals surface area contributed by atoms with Crippen molar-refractivity contribution < 1.29 is 0 Å². The Morgan fingerprint density at radius 2 is 2.20 bits per heavy atom. The van der Waals surface area contributed by atoms with Crippen LogP contribution in [0.3, 0.4) is 0 Å². The number of nitrogens with two attached hydrogens (primary N) is 1. The summed E-state index contributed by atoms with van der Waals surface area (Å²) >= 11 is 5.96. The van der Waals surface area contributed by atoms with Gasteiger partial charge in [-0.05, 0) is 17.7 Å². The Hall–Kier alpha value is -2.38. The summed E-state index contributed by atoms with van der Waals surface area (Å²) in [6.45, 7) is 0.585. The molecule has 8 heteroatoms. The summed E-state index contributed by atoms with van der Waals surface area (Å²) in [7, 11) is 0. The van der Waals surface area contributed by atoms with Crippen molar-refractivity contribution in [3.8, 4) is 0 Å². The van der Waals surface area contributed by atoms with Gasteiger partial charge >= 0.3 is 0 Å². The van der Waals surface area contributed by atoms with E-state index in [2.05, 4.69) is 30.9 Å². The first kappa shape index (κ1) is 12.6. The van der Waals surface area contributed by atoms with Crippen LogP contribution in [0, 0.1) is 0 Å². The summed E-state index contributed by atoms with van der Waals surface area (Å²) in [5, 5.41) is 11.5. The van der Waals surface area contributed by atoms with E-state index in [1.54, 1.807) is 6.20 Å². The maximum atomic E-state index is 5.96. The fraction of sp³-hybridized carbons (Fsp3) is 0.0833. The number of benzene rings is 1. The maximum Gasteiger partial charge on any atom is 0.241 e. The molecule has 0 bridgehead atoms. The Balaban J connectivity index is 1.88. The lowest BCUT2D eigenvalue weighted by Gasteiger charge is -2.08. The first-order valence-corrected chi connectivity index (χ1v) is 6.30. The number of fused-ring (bicyclic) bond motifs is 1. The summed E-state index contributed by atoms with van der Waals surface area (Å²) < 4.78 is 0. The molecule has 0 aliphatic rings. The van der Waals surface area contributed by atoms with Gasteiger partial charge in [-0.1, -0.05) is 23.7 Å². The quantitative estimate of drug-likeness (QED) is 0.432.